The van der Waals surface area contributed by atoms with E-state index < -0.39 is 0 Å². The summed E-state index contributed by atoms with van der Waals surface area (Å²) in [6, 6.07) is 21.4. The number of thiazole rings is 1. The average molecular weight is 434 g/mol. The van der Waals surface area contributed by atoms with Gasteiger partial charge in [0.2, 0.25) is 5.06 Å². The third-order valence-corrected chi connectivity index (χ3v) is 5.37. The van der Waals surface area contributed by atoms with Gasteiger partial charge in [0.25, 0.3) is 5.19 Å². The molecule has 2 aromatic carbocycles. The maximum Gasteiger partial charge on any atom is 0.277 e. The second-order valence-corrected chi connectivity index (χ2v) is 7.97. The van der Waals surface area contributed by atoms with Crippen LogP contribution in [0, 0.1) is 0 Å². The van der Waals surface area contributed by atoms with Crippen LogP contribution >= 0.6 is 11.3 Å². The Morgan fingerprint density at radius 3 is 2.68 bits per heavy atom. The lowest BCUT2D eigenvalue weighted by molar-refractivity contribution is 0.195. The van der Waals surface area contributed by atoms with Crippen molar-refractivity contribution in [2.75, 3.05) is 12.4 Å². The molecule has 1 unspecified atom stereocenters. The molecule has 6 nitrogen and oxygen atoms in total. The summed E-state index contributed by atoms with van der Waals surface area (Å²) in [7, 11) is 1.59. The molecule has 2 N–H and O–H groups in total. The molecule has 0 saturated carbocycles. The molecule has 0 aliphatic heterocycles. The largest absolute Gasteiger partial charge is 0.473 e. The minimum atomic E-state index is -0.389. The minimum absolute atomic E-state index is 0.389. The summed E-state index contributed by atoms with van der Waals surface area (Å²) in [4.78, 5) is 8.93. The van der Waals surface area contributed by atoms with E-state index in [-0.39, 0.29) is 6.10 Å². The monoisotopic (exact) mass is 433 g/mol. The molecule has 0 aliphatic rings. The smallest absolute Gasteiger partial charge is 0.277 e. The molecule has 0 amide bonds. The first-order valence-corrected chi connectivity index (χ1v) is 10.7. The highest BCUT2D eigenvalue weighted by atomic mass is 32.1. The van der Waals surface area contributed by atoms with Crippen molar-refractivity contribution >= 4 is 22.8 Å². The second-order valence-electron chi connectivity index (χ2n) is 7.04. The number of methoxy groups -OCH3 is 1. The number of aliphatic hydroxyl groups excluding tert-OH is 1. The summed E-state index contributed by atoms with van der Waals surface area (Å²) in [6.45, 7) is 1.78. The van der Waals surface area contributed by atoms with E-state index in [1.807, 2.05) is 60.7 Å². The van der Waals surface area contributed by atoms with Crippen LogP contribution in [0.4, 0.5) is 11.5 Å². The lowest BCUT2D eigenvalue weighted by Gasteiger charge is -2.10. The third kappa shape index (κ3) is 5.39. The first kappa shape index (κ1) is 20.8. The zero-order valence-corrected chi connectivity index (χ0v) is 18.1. The number of hydrogen-bond acceptors (Lipinski definition) is 7. The molecule has 7 heteroatoms. The van der Waals surface area contributed by atoms with Crippen LogP contribution in [-0.4, -0.2) is 28.3 Å². The summed E-state index contributed by atoms with van der Waals surface area (Å²) in [5, 5.41) is 14.1. The van der Waals surface area contributed by atoms with E-state index in [2.05, 4.69) is 15.3 Å². The number of benzene rings is 2. The SMILES string of the molecule is COc1nc(-c2ccccc2)c(Oc2ccnc(Nc3cccc(CC(C)O)c3)c2)s1. The van der Waals surface area contributed by atoms with E-state index in [1.54, 1.807) is 26.3 Å². The third-order valence-electron chi connectivity index (χ3n) is 4.47. The van der Waals surface area contributed by atoms with Gasteiger partial charge in [0.05, 0.1) is 13.2 Å². The van der Waals surface area contributed by atoms with Crippen LogP contribution in [0.5, 0.6) is 16.0 Å². The van der Waals surface area contributed by atoms with Gasteiger partial charge in [0.15, 0.2) is 0 Å². The highest BCUT2D eigenvalue weighted by Gasteiger charge is 2.16. The number of rotatable bonds is 8. The Balaban J connectivity index is 1.55. The molecular formula is C24H23N3O3S. The molecule has 2 aromatic heterocycles. The van der Waals surface area contributed by atoms with Gasteiger partial charge >= 0.3 is 0 Å². The highest BCUT2D eigenvalue weighted by molar-refractivity contribution is 7.15. The van der Waals surface area contributed by atoms with Crippen LogP contribution in [0.1, 0.15) is 12.5 Å². The molecule has 0 spiro atoms. The molecule has 31 heavy (non-hydrogen) atoms. The maximum absolute atomic E-state index is 9.62. The number of anilines is 2. The standard InChI is InChI=1S/C24H23N3O3S/c1-16(28)13-17-7-6-10-19(14-17)26-21-15-20(11-12-25-21)30-23-22(27-24(29-2)31-23)18-8-4-3-5-9-18/h3-12,14-16,28H,13H2,1-2H3,(H,25,26). The van der Waals surface area contributed by atoms with Gasteiger partial charge in [-0.05, 0) is 48.4 Å². The number of nitrogens with zero attached hydrogens (tertiary/aromatic N) is 2. The van der Waals surface area contributed by atoms with Crippen molar-refractivity contribution in [2.24, 2.45) is 0 Å². The van der Waals surface area contributed by atoms with E-state index in [0.717, 1.165) is 22.5 Å². The fraction of sp³-hybridized carbons (Fsp3) is 0.167. The molecule has 0 radical (unpaired) electrons. The van der Waals surface area contributed by atoms with Crippen LogP contribution < -0.4 is 14.8 Å². The fourth-order valence-corrected chi connectivity index (χ4v) is 3.91. The zero-order valence-electron chi connectivity index (χ0n) is 17.3. The molecule has 0 bridgehead atoms. The maximum atomic E-state index is 9.62. The first-order valence-electron chi connectivity index (χ1n) is 9.89. The molecule has 0 saturated heterocycles. The average Bonchev–Trinajstić information content (AvgIpc) is 3.17. The van der Waals surface area contributed by atoms with Gasteiger partial charge in [-0.2, -0.15) is 4.98 Å². The Bertz CT molecular complexity index is 1150. The van der Waals surface area contributed by atoms with Gasteiger partial charge in [0.1, 0.15) is 17.3 Å². The summed E-state index contributed by atoms with van der Waals surface area (Å²) >= 11 is 1.35. The number of pyridine rings is 1. The Morgan fingerprint density at radius 2 is 1.90 bits per heavy atom. The van der Waals surface area contributed by atoms with Crippen LogP contribution in [0.3, 0.4) is 0 Å². The van der Waals surface area contributed by atoms with Crippen molar-refractivity contribution in [2.45, 2.75) is 19.4 Å². The molecule has 4 rings (SSSR count). The highest BCUT2D eigenvalue weighted by Crippen LogP contribution is 2.41. The van der Waals surface area contributed by atoms with Crippen LogP contribution in [0.25, 0.3) is 11.3 Å². The zero-order chi connectivity index (χ0) is 21.6. The Kier molecular flexibility index (Phi) is 6.45. The van der Waals surface area contributed by atoms with E-state index >= 15 is 0 Å². The molecular weight excluding hydrogens is 410 g/mol. The van der Waals surface area contributed by atoms with Crippen molar-refractivity contribution < 1.29 is 14.6 Å². The lowest BCUT2D eigenvalue weighted by Crippen LogP contribution is -2.04. The lowest BCUT2D eigenvalue weighted by atomic mass is 10.1. The van der Waals surface area contributed by atoms with Crippen LogP contribution in [0.15, 0.2) is 72.9 Å². The second kappa shape index (κ2) is 9.59. The Morgan fingerprint density at radius 1 is 1.06 bits per heavy atom. The van der Waals surface area contributed by atoms with Gasteiger partial charge < -0.3 is 19.9 Å². The summed E-state index contributed by atoms with van der Waals surface area (Å²) in [5.41, 5.74) is 3.64. The number of aliphatic hydroxyl groups is 1. The van der Waals surface area contributed by atoms with E-state index in [0.29, 0.717) is 28.2 Å². The molecule has 1 atom stereocenters. The van der Waals surface area contributed by atoms with E-state index in [9.17, 15) is 5.11 Å². The molecule has 4 aromatic rings. The van der Waals surface area contributed by atoms with Crippen molar-refractivity contribution in [1.82, 2.24) is 9.97 Å². The van der Waals surface area contributed by atoms with Gasteiger partial charge in [-0.25, -0.2) is 4.98 Å². The fourth-order valence-electron chi connectivity index (χ4n) is 3.14. The minimum Gasteiger partial charge on any atom is -0.473 e. The van der Waals surface area contributed by atoms with Crippen LogP contribution in [-0.2, 0) is 6.42 Å². The van der Waals surface area contributed by atoms with E-state index in [4.69, 9.17) is 9.47 Å². The van der Waals surface area contributed by atoms with Crippen molar-refractivity contribution in [3.8, 4) is 27.3 Å². The summed E-state index contributed by atoms with van der Waals surface area (Å²) in [5.74, 6) is 1.30. The Hall–Kier alpha value is -3.42. The van der Waals surface area contributed by atoms with Crippen molar-refractivity contribution in [3.63, 3.8) is 0 Å². The van der Waals surface area contributed by atoms with Crippen LogP contribution in [0.2, 0.25) is 0 Å². The van der Waals surface area contributed by atoms with E-state index in [1.165, 1.54) is 11.3 Å². The first-order chi connectivity index (χ1) is 15.1. The predicted octanol–water partition coefficient (Wildman–Crippen LogP) is 5.67. The van der Waals surface area contributed by atoms with Gasteiger partial charge in [-0.15, -0.1) is 0 Å². The number of nitrogens with one attached hydrogen (secondary N) is 1. The van der Waals surface area contributed by atoms with Gasteiger partial charge in [0, 0.05) is 23.5 Å². The van der Waals surface area contributed by atoms with Gasteiger partial charge in [-0.1, -0.05) is 42.5 Å². The predicted molar refractivity (Wildman–Crippen MR) is 124 cm³/mol. The van der Waals surface area contributed by atoms with Crippen molar-refractivity contribution in [3.05, 3.63) is 78.5 Å². The van der Waals surface area contributed by atoms with Crippen molar-refractivity contribution in [1.29, 1.82) is 0 Å². The topological polar surface area (TPSA) is 76.5 Å². The normalized spacial score (nSPS) is 11.7. The quantitative estimate of drug-likeness (QED) is 0.373. The number of ether oxygens (including phenoxy) is 2. The Labute approximate surface area is 185 Å². The molecule has 2 heterocycles. The molecule has 158 valence electrons. The number of hydrogen-bond donors (Lipinski definition) is 2. The molecule has 0 fully saturated rings. The molecule has 0 aliphatic carbocycles. The number of aromatic nitrogens is 2. The van der Waals surface area contributed by atoms with Gasteiger partial charge in [-0.3, -0.25) is 0 Å². The summed E-state index contributed by atoms with van der Waals surface area (Å²) < 4.78 is 11.5. The summed E-state index contributed by atoms with van der Waals surface area (Å²) in [6.07, 6.45) is 1.90.